The quantitative estimate of drug-likeness (QED) is 0.198. The molecule has 3 aromatic carbocycles. The topological polar surface area (TPSA) is 108 Å². The largest absolute Gasteiger partial charge is 0.454 e. The summed E-state index contributed by atoms with van der Waals surface area (Å²) in [5.74, 6) is -2.51. The van der Waals surface area contributed by atoms with Crippen LogP contribution < -0.4 is 10.5 Å². The average molecular weight is 552 g/mol. The molecule has 0 radical (unpaired) electrons. The number of para-hydroxylation sites is 1. The predicted molar refractivity (Wildman–Crippen MR) is 153 cm³/mol. The zero-order valence-corrected chi connectivity index (χ0v) is 23.7. The van der Waals surface area contributed by atoms with E-state index in [1.54, 1.807) is 42.9 Å². The number of anilines is 1. The smallest absolute Gasteiger partial charge is 0.338 e. The number of amides is 2. The summed E-state index contributed by atoms with van der Waals surface area (Å²) in [6.45, 7) is 8.74. The summed E-state index contributed by atoms with van der Waals surface area (Å²) in [7, 11) is 1.67. The van der Waals surface area contributed by atoms with Crippen LogP contribution in [-0.4, -0.2) is 39.5 Å². The van der Waals surface area contributed by atoms with E-state index in [-0.39, 0.29) is 28.2 Å². The Hall–Kier alpha value is -5.05. The summed E-state index contributed by atoms with van der Waals surface area (Å²) in [6, 6.07) is 14.9. The Morgan fingerprint density at radius 3 is 2.02 bits per heavy atom. The van der Waals surface area contributed by atoms with Crippen LogP contribution in [0.1, 0.15) is 69.4 Å². The summed E-state index contributed by atoms with van der Waals surface area (Å²) in [6.07, 6.45) is 0. The molecule has 4 aromatic rings. The monoisotopic (exact) mass is 551 g/mol. The van der Waals surface area contributed by atoms with E-state index in [2.05, 4.69) is 0 Å². The van der Waals surface area contributed by atoms with Crippen LogP contribution in [0, 0.1) is 34.6 Å². The number of ketones is 1. The minimum absolute atomic E-state index is 0.0138. The molecule has 2 amide bonds. The highest BCUT2D eigenvalue weighted by Crippen LogP contribution is 2.30. The second kappa shape index (κ2) is 10.2. The second-order valence-corrected chi connectivity index (χ2v) is 10.3. The van der Waals surface area contributed by atoms with Gasteiger partial charge in [0.2, 0.25) is 5.78 Å². The lowest BCUT2D eigenvalue weighted by Crippen LogP contribution is -2.34. The molecule has 1 aromatic heterocycles. The Morgan fingerprint density at radius 1 is 0.780 bits per heavy atom. The number of esters is 1. The fourth-order valence-electron chi connectivity index (χ4n) is 5.30. The number of aryl methyl sites for hydroxylation is 2. The molecule has 2 heterocycles. The molecule has 0 saturated carbocycles. The molecule has 0 atom stereocenters. The number of hydrogen-bond acceptors (Lipinski definition) is 6. The number of nitrogens with zero attached hydrogens (tertiary/aromatic N) is 3. The molecule has 0 spiro atoms. The second-order valence-electron chi connectivity index (χ2n) is 10.3. The van der Waals surface area contributed by atoms with Crippen molar-refractivity contribution in [2.45, 2.75) is 34.6 Å². The van der Waals surface area contributed by atoms with Gasteiger partial charge < -0.3 is 4.74 Å². The van der Waals surface area contributed by atoms with Gasteiger partial charge >= 0.3 is 5.97 Å². The van der Waals surface area contributed by atoms with Gasteiger partial charge in [-0.05, 0) is 87.2 Å². The van der Waals surface area contributed by atoms with Gasteiger partial charge in [0, 0.05) is 12.6 Å². The number of carbonyl (C=O) groups excluding carboxylic acids is 4. The predicted octanol–water partition coefficient (Wildman–Crippen LogP) is 4.56. The minimum Gasteiger partial charge on any atom is -0.454 e. The van der Waals surface area contributed by atoms with Crippen molar-refractivity contribution in [2.75, 3.05) is 11.5 Å². The van der Waals surface area contributed by atoms with Crippen LogP contribution in [-0.2, 0) is 11.8 Å². The van der Waals surface area contributed by atoms with Crippen LogP contribution in [0.25, 0.3) is 5.69 Å². The molecule has 0 aliphatic carbocycles. The van der Waals surface area contributed by atoms with Crippen molar-refractivity contribution in [1.82, 2.24) is 9.36 Å². The van der Waals surface area contributed by atoms with Crippen LogP contribution in [0.3, 0.4) is 0 Å². The average Bonchev–Trinajstić information content (AvgIpc) is 3.33. The highest BCUT2D eigenvalue weighted by molar-refractivity contribution is 6.34. The lowest BCUT2D eigenvalue weighted by Gasteiger charge is -2.14. The van der Waals surface area contributed by atoms with E-state index in [9.17, 15) is 24.0 Å². The first kappa shape index (κ1) is 27.5. The number of ether oxygens (including phenoxy) is 1. The summed E-state index contributed by atoms with van der Waals surface area (Å²) in [5, 5.41) is 0. The van der Waals surface area contributed by atoms with Gasteiger partial charge in [-0.1, -0.05) is 24.3 Å². The molecule has 0 bridgehead atoms. The third-order valence-electron chi connectivity index (χ3n) is 7.85. The van der Waals surface area contributed by atoms with E-state index in [0.717, 1.165) is 27.2 Å². The van der Waals surface area contributed by atoms with E-state index in [1.165, 1.54) is 22.9 Å². The Kier molecular flexibility index (Phi) is 6.82. The van der Waals surface area contributed by atoms with Crippen LogP contribution in [0.4, 0.5) is 5.69 Å². The number of Topliss-reactive ketones (excluding diaryl/α,β-unsaturated/α-hetero) is 1. The highest BCUT2D eigenvalue weighted by Gasteiger charge is 2.41. The summed E-state index contributed by atoms with van der Waals surface area (Å²) >= 11 is 0. The maximum atomic E-state index is 13.5. The Morgan fingerprint density at radius 2 is 1.39 bits per heavy atom. The van der Waals surface area contributed by atoms with Gasteiger partial charge in [-0.2, -0.15) is 0 Å². The molecule has 0 fully saturated rings. The molecule has 41 heavy (non-hydrogen) atoms. The first-order chi connectivity index (χ1) is 19.4. The van der Waals surface area contributed by atoms with Gasteiger partial charge in [0.1, 0.15) is 5.69 Å². The van der Waals surface area contributed by atoms with Gasteiger partial charge in [-0.15, -0.1) is 0 Å². The van der Waals surface area contributed by atoms with Crippen LogP contribution >= 0.6 is 0 Å². The van der Waals surface area contributed by atoms with Crippen LogP contribution in [0.15, 0.2) is 59.4 Å². The maximum absolute atomic E-state index is 13.5. The van der Waals surface area contributed by atoms with Crippen molar-refractivity contribution in [3.8, 4) is 5.69 Å². The summed E-state index contributed by atoms with van der Waals surface area (Å²) < 4.78 is 8.28. The minimum atomic E-state index is -0.804. The summed E-state index contributed by atoms with van der Waals surface area (Å²) in [5.41, 5.74) is 4.61. The zero-order valence-electron chi connectivity index (χ0n) is 23.7. The number of rotatable bonds is 6. The van der Waals surface area contributed by atoms with Gasteiger partial charge in [-0.25, -0.2) is 14.4 Å². The van der Waals surface area contributed by atoms with Crippen molar-refractivity contribution >= 4 is 29.3 Å². The SMILES string of the molecule is Cc1cc(C)c(C)c(C(=O)COC(=O)c2ccc3c(c2)C(=O)N(c2c(C)n(C)n(-c4ccccc4)c2=O)C3=O)c1C. The third-order valence-corrected chi connectivity index (χ3v) is 7.85. The van der Waals surface area contributed by atoms with E-state index < -0.39 is 29.9 Å². The van der Waals surface area contributed by atoms with E-state index in [1.807, 2.05) is 39.8 Å². The number of hydrogen-bond donors (Lipinski definition) is 0. The normalized spacial score (nSPS) is 12.6. The zero-order chi connectivity index (χ0) is 29.7. The van der Waals surface area contributed by atoms with Crippen molar-refractivity contribution in [2.24, 2.45) is 7.05 Å². The molecule has 0 unspecified atom stereocenters. The molecule has 0 N–H and O–H groups in total. The fourth-order valence-corrected chi connectivity index (χ4v) is 5.30. The van der Waals surface area contributed by atoms with E-state index in [0.29, 0.717) is 16.9 Å². The van der Waals surface area contributed by atoms with Crippen molar-refractivity contribution in [1.29, 1.82) is 0 Å². The fraction of sp³-hybridized carbons (Fsp3) is 0.219. The van der Waals surface area contributed by atoms with Crippen molar-refractivity contribution < 1.29 is 23.9 Å². The van der Waals surface area contributed by atoms with Crippen LogP contribution in [0.5, 0.6) is 0 Å². The molecule has 1 aliphatic rings. The Labute approximate surface area is 236 Å². The molecule has 208 valence electrons. The molecule has 5 rings (SSSR count). The van der Waals surface area contributed by atoms with Gasteiger partial charge in [-0.3, -0.25) is 23.9 Å². The van der Waals surface area contributed by atoms with Crippen molar-refractivity contribution in [3.63, 3.8) is 0 Å². The number of fused-ring (bicyclic) bond motifs is 1. The number of aromatic nitrogens is 2. The van der Waals surface area contributed by atoms with Gasteiger partial charge in [0.25, 0.3) is 17.4 Å². The molecular weight excluding hydrogens is 522 g/mol. The molecule has 1 aliphatic heterocycles. The lowest BCUT2D eigenvalue weighted by molar-refractivity contribution is 0.0474. The molecule has 0 saturated heterocycles. The van der Waals surface area contributed by atoms with Gasteiger partial charge in [0.05, 0.1) is 28.1 Å². The number of imide groups is 1. The number of carbonyl (C=O) groups is 4. The Bertz CT molecular complexity index is 1820. The summed E-state index contributed by atoms with van der Waals surface area (Å²) in [4.78, 5) is 67.0. The third kappa shape index (κ3) is 4.39. The first-order valence-corrected chi connectivity index (χ1v) is 13.1. The van der Waals surface area contributed by atoms with Crippen molar-refractivity contribution in [3.05, 3.63) is 115 Å². The molecule has 9 nitrogen and oxygen atoms in total. The molecule has 9 heteroatoms. The number of benzene rings is 3. The molecular formula is C32H29N3O6. The van der Waals surface area contributed by atoms with E-state index in [4.69, 9.17) is 4.74 Å². The van der Waals surface area contributed by atoms with E-state index >= 15 is 0 Å². The maximum Gasteiger partial charge on any atom is 0.338 e. The van der Waals surface area contributed by atoms with Crippen LogP contribution in [0.2, 0.25) is 0 Å². The standard InChI is InChI=1S/C32H29N3O6/c1-17-14-18(2)20(4)27(19(17)3)26(36)16-41-32(40)22-12-13-24-25(15-22)30(38)34(29(24)37)28-21(5)33(6)35(31(28)39)23-10-8-7-9-11-23/h7-15H,16H2,1-6H3. The Balaban J connectivity index is 1.41. The highest BCUT2D eigenvalue weighted by atomic mass is 16.5. The van der Waals surface area contributed by atoms with Gasteiger partial charge in [0.15, 0.2) is 6.61 Å². The lowest BCUT2D eigenvalue weighted by atomic mass is 9.92. The first-order valence-electron chi connectivity index (χ1n) is 13.1.